The Morgan fingerprint density at radius 1 is 1.21 bits per heavy atom. The first-order valence-corrected chi connectivity index (χ1v) is 9.34. The maximum atomic E-state index is 12.4. The van der Waals surface area contributed by atoms with Crippen molar-refractivity contribution in [2.75, 3.05) is 6.26 Å². The van der Waals surface area contributed by atoms with Gasteiger partial charge in [0.15, 0.2) is 5.65 Å². The van der Waals surface area contributed by atoms with Crippen LogP contribution < -0.4 is 9.87 Å². The van der Waals surface area contributed by atoms with E-state index in [1.165, 1.54) is 10.6 Å². The Morgan fingerprint density at radius 2 is 1.96 bits per heavy atom. The average molecular weight is 345 g/mol. The van der Waals surface area contributed by atoms with Gasteiger partial charge in [-0.3, -0.25) is 0 Å². The van der Waals surface area contributed by atoms with E-state index in [2.05, 4.69) is 9.97 Å². The van der Waals surface area contributed by atoms with E-state index in [1.807, 2.05) is 24.3 Å². The van der Waals surface area contributed by atoms with Crippen molar-refractivity contribution in [1.29, 1.82) is 0 Å². The molecule has 0 spiro atoms. The number of aromatic amines is 1. The van der Waals surface area contributed by atoms with Crippen molar-refractivity contribution in [3.8, 4) is 11.6 Å². The van der Waals surface area contributed by atoms with E-state index in [-0.39, 0.29) is 11.6 Å². The number of aromatic nitrogens is 3. The summed E-state index contributed by atoms with van der Waals surface area (Å²) in [7, 11) is -3.69. The Balaban J connectivity index is 1.93. The Hall–Kier alpha value is -2.61. The molecule has 3 aromatic rings. The number of benzene rings is 1. The fourth-order valence-corrected chi connectivity index (χ4v) is 3.23. The fourth-order valence-electron chi connectivity index (χ4n) is 2.82. The van der Waals surface area contributed by atoms with E-state index in [9.17, 15) is 13.2 Å². The third kappa shape index (κ3) is 2.69. The highest BCUT2D eigenvalue weighted by molar-refractivity contribution is 7.86. The van der Waals surface area contributed by atoms with Crippen LogP contribution in [0.15, 0.2) is 41.2 Å². The van der Waals surface area contributed by atoms with E-state index in [1.54, 1.807) is 6.07 Å². The normalized spacial score (nSPS) is 14.9. The van der Waals surface area contributed by atoms with Crippen molar-refractivity contribution in [2.24, 2.45) is 0 Å². The zero-order chi connectivity index (χ0) is 16.9. The number of nitrogens with one attached hydrogen (secondary N) is 1. The van der Waals surface area contributed by atoms with E-state index < -0.39 is 10.1 Å². The molecule has 7 nitrogen and oxygen atoms in total. The van der Waals surface area contributed by atoms with Gasteiger partial charge in [0, 0.05) is 6.07 Å². The summed E-state index contributed by atoms with van der Waals surface area (Å²) >= 11 is 0. The van der Waals surface area contributed by atoms with Gasteiger partial charge in [0.05, 0.1) is 17.5 Å². The van der Waals surface area contributed by atoms with Gasteiger partial charge in [-0.05, 0) is 36.5 Å². The molecular formula is C16H15N3O4S. The highest BCUT2D eigenvalue weighted by Crippen LogP contribution is 2.42. The zero-order valence-corrected chi connectivity index (χ0v) is 13.7. The van der Waals surface area contributed by atoms with Gasteiger partial charge in [-0.2, -0.15) is 13.4 Å². The van der Waals surface area contributed by atoms with Crippen molar-refractivity contribution in [1.82, 2.24) is 14.5 Å². The maximum Gasteiger partial charge on any atom is 0.332 e. The standard InChI is InChI=1S/C16H15N3O4S/c1-24(21,22)23-14-9-8-12-15(18-14)19(16(20)17-12)13-5-3-2-4-11(13)10-6-7-10/h2-5,8-10H,6-7H2,1H3,(H,17,20). The molecule has 0 atom stereocenters. The van der Waals surface area contributed by atoms with Crippen LogP contribution in [0.2, 0.25) is 0 Å². The van der Waals surface area contributed by atoms with Gasteiger partial charge < -0.3 is 9.17 Å². The van der Waals surface area contributed by atoms with Crippen LogP contribution >= 0.6 is 0 Å². The number of H-pyrrole nitrogens is 1. The molecule has 0 aliphatic heterocycles. The molecule has 8 heteroatoms. The molecule has 0 saturated heterocycles. The Labute approximate surface area is 138 Å². The van der Waals surface area contributed by atoms with Crippen LogP contribution in [0, 0.1) is 0 Å². The lowest BCUT2D eigenvalue weighted by molar-refractivity contribution is 0.483. The first-order chi connectivity index (χ1) is 11.4. The van der Waals surface area contributed by atoms with Crippen LogP contribution in [0.4, 0.5) is 0 Å². The molecule has 4 rings (SSSR count). The van der Waals surface area contributed by atoms with Crippen LogP contribution in [0.3, 0.4) is 0 Å². The van der Waals surface area contributed by atoms with Gasteiger partial charge in [0.2, 0.25) is 5.88 Å². The summed E-state index contributed by atoms with van der Waals surface area (Å²) in [5, 5.41) is 0. The molecule has 1 saturated carbocycles. The molecule has 1 aliphatic rings. The van der Waals surface area contributed by atoms with Crippen molar-refractivity contribution in [2.45, 2.75) is 18.8 Å². The minimum Gasteiger partial charge on any atom is -0.362 e. The van der Waals surface area contributed by atoms with Gasteiger partial charge >= 0.3 is 15.8 Å². The lowest BCUT2D eigenvalue weighted by Gasteiger charge is -2.09. The number of pyridine rings is 1. The molecular weight excluding hydrogens is 330 g/mol. The molecule has 24 heavy (non-hydrogen) atoms. The lowest BCUT2D eigenvalue weighted by Crippen LogP contribution is -2.16. The topological polar surface area (TPSA) is 94.0 Å². The van der Waals surface area contributed by atoms with Gasteiger partial charge in [-0.1, -0.05) is 18.2 Å². The van der Waals surface area contributed by atoms with E-state index >= 15 is 0 Å². The summed E-state index contributed by atoms with van der Waals surface area (Å²) < 4.78 is 28.9. The van der Waals surface area contributed by atoms with Crippen LogP contribution in [0.25, 0.3) is 16.9 Å². The summed E-state index contributed by atoms with van der Waals surface area (Å²) in [6, 6.07) is 10.7. The van der Waals surface area contributed by atoms with E-state index in [4.69, 9.17) is 4.18 Å². The predicted molar refractivity (Wildman–Crippen MR) is 89.1 cm³/mol. The zero-order valence-electron chi connectivity index (χ0n) is 12.9. The predicted octanol–water partition coefficient (Wildman–Crippen LogP) is 1.93. The summed E-state index contributed by atoms with van der Waals surface area (Å²) in [4.78, 5) is 19.4. The first kappa shape index (κ1) is 14.9. The summed E-state index contributed by atoms with van der Waals surface area (Å²) in [6.45, 7) is 0. The van der Waals surface area contributed by atoms with Gasteiger partial charge in [-0.15, -0.1) is 0 Å². The van der Waals surface area contributed by atoms with Crippen molar-refractivity contribution < 1.29 is 12.6 Å². The Bertz CT molecular complexity index is 1090. The molecule has 1 aliphatic carbocycles. The number of rotatable bonds is 4. The van der Waals surface area contributed by atoms with Crippen molar-refractivity contribution >= 4 is 21.3 Å². The minimum atomic E-state index is -3.69. The Morgan fingerprint density at radius 3 is 2.67 bits per heavy atom. The lowest BCUT2D eigenvalue weighted by atomic mass is 10.1. The average Bonchev–Trinajstić information content (AvgIpc) is 3.29. The highest BCUT2D eigenvalue weighted by Gasteiger charge is 2.27. The van der Waals surface area contributed by atoms with Gasteiger partial charge in [-0.25, -0.2) is 9.36 Å². The smallest absolute Gasteiger partial charge is 0.332 e. The largest absolute Gasteiger partial charge is 0.362 e. The van der Waals surface area contributed by atoms with Crippen LogP contribution in [0.5, 0.6) is 5.88 Å². The molecule has 0 radical (unpaired) electrons. The van der Waals surface area contributed by atoms with Gasteiger partial charge in [0.25, 0.3) is 0 Å². The molecule has 2 heterocycles. The van der Waals surface area contributed by atoms with Crippen LogP contribution in [0.1, 0.15) is 24.3 Å². The third-order valence-electron chi connectivity index (χ3n) is 3.94. The molecule has 0 unspecified atom stereocenters. The minimum absolute atomic E-state index is 0.0679. The first-order valence-electron chi connectivity index (χ1n) is 7.53. The SMILES string of the molecule is CS(=O)(=O)Oc1ccc2[nH]c(=O)n(-c3ccccc3C3CC3)c2n1. The monoisotopic (exact) mass is 345 g/mol. The van der Waals surface area contributed by atoms with Crippen LogP contribution in [-0.4, -0.2) is 29.2 Å². The van der Waals surface area contributed by atoms with E-state index in [0.717, 1.165) is 30.3 Å². The molecule has 0 amide bonds. The van der Waals surface area contributed by atoms with Crippen molar-refractivity contribution in [3.05, 3.63) is 52.4 Å². The third-order valence-corrected chi connectivity index (χ3v) is 4.41. The molecule has 0 bridgehead atoms. The number of imidazole rings is 1. The summed E-state index contributed by atoms with van der Waals surface area (Å²) in [6.07, 6.45) is 3.15. The van der Waals surface area contributed by atoms with Crippen molar-refractivity contribution in [3.63, 3.8) is 0 Å². The molecule has 1 fully saturated rings. The second kappa shape index (κ2) is 5.20. The maximum absolute atomic E-state index is 12.4. The van der Waals surface area contributed by atoms with Crippen LogP contribution in [-0.2, 0) is 10.1 Å². The Kier molecular flexibility index (Phi) is 3.24. The second-order valence-corrected chi connectivity index (χ2v) is 7.48. The molecule has 124 valence electrons. The number of hydrogen-bond acceptors (Lipinski definition) is 5. The molecule has 1 N–H and O–H groups in total. The van der Waals surface area contributed by atoms with E-state index in [0.29, 0.717) is 17.1 Å². The fraction of sp³-hybridized carbons (Fsp3) is 0.250. The molecule has 1 aromatic carbocycles. The second-order valence-electron chi connectivity index (χ2n) is 5.91. The quantitative estimate of drug-likeness (QED) is 0.729. The van der Waals surface area contributed by atoms with Gasteiger partial charge in [0.1, 0.15) is 0 Å². The number of hydrogen-bond donors (Lipinski definition) is 1. The number of para-hydroxylation sites is 1. The highest BCUT2D eigenvalue weighted by atomic mass is 32.2. The summed E-state index contributed by atoms with van der Waals surface area (Å²) in [5.41, 5.74) is 2.40. The summed E-state index contributed by atoms with van der Waals surface area (Å²) in [5.74, 6) is 0.384. The molecule has 2 aromatic heterocycles. The number of fused-ring (bicyclic) bond motifs is 1. The number of nitrogens with zero attached hydrogens (tertiary/aromatic N) is 2.